The van der Waals surface area contributed by atoms with Crippen LogP contribution in [0.15, 0.2) is 60.7 Å². The van der Waals surface area contributed by atoms with Gasteiger partial charge in [-0.05, 0) is 48.5 Å². The number of fused-ring (bicyclic) bond motifs is 1. The summed E-state index contributed by atoms with van der Waals surface area (Å²) >= 11 is 0. The number of carbonyl (C=O) groups excluding carboxylic acids is 3. The minimum Gasteiger partial charge on any atom is -0.497 e. The molecule has 32 heavy (non-hydrogen) atoms. The van der Waals surface area contributed by atoms with Gasteiger partial charge in [-0.3, -0.25) is 14.4 Å². The monoisotopic (exact) mass is 433 g/mol. The van der Waals surface area contributed by atoms with Gasteiger partial charge in [-0.2, -0.15) is 0 Å². The number of anilines is 3. The van der Waals surface area contributed by atoms with Crippen LogP contribution in [0.2, 0.25) is 0 Å². The smallest absolute Gasteiger partial charge is 0.234 e. The van der Waals surface area contributed by atoms with Crippen LogP contribution in [0.5, 0.6) is 5.75 Å². The Morgan fingerprint density at radius 2 is 1.72 bits per heavy atom. The summed E-state index contributed by atoms with van der Waals surface area (Å²) in [6.07, 6.45) is 3.38. The largest absolute Gasteiger partial charge is 0.497 e. The van der Waals surface area contributed by atoms with E-state index >= 15 is 0 Å². The lowest BCUT2D eigenvalue weighted by Crippen LogP contribution is -2.41. The Morgan fingerprint density at radius 3 is 2.38 bits per heavy atom. The van der Waals surface area contributed by atoms with Gasteiger partial charge in [-0.15, -0.1) is 0 Å². The van der Waals surface area contributed by atoms with E-state index in [-0.39, 0.29) is 17.7 Å². The highest BCUT2D eigenvalue weighted by Gasteiger charge is 2.67. The first-order valence-corrected chi connectivity index (χ1v) is 10.4. The number of methoxy groups -OCH3 is 1. The van der Waals surface area contributed by atoms with Crippen molar-refractivity contribution < 1.29 is 23.9 Å². The number of hydrogen-bond donors (Lipinski definition) is 2. The van der Waals surface area contributed by atoms with E-state index in [9.17, 15) is 14.4 Å². The maximum absolute atomic E-state index is 13.4. The molecule has 3 aliphatic rings. The molecule has 2 aromatic rings. The molecule has 0 radical (unpaired) electrons. The molecule has 2 fully saturated rings. The van der Waals surface area contributed by atoms with E-state index in [1.165, 1.54) is 6.92 Å². The second-order valence-corrected chi connectivity index (χ2v) is 8.27. The van der Waals surface area contributed by atoms with Crippen molar-refractivity contribution in [3.8, 4) is 5.75 Å². The summed E-state index contributed by atoms with van der Waals surface area (Å²) in [6, 6.07) is 14.1. The van der Waals surface area contributed by atoms with Crippen molar-refractivity contribution in [3.05, 3.63) is 60.7 Å². The van der Waals surface area contributed by atoms with Crippen molar-refractivity contribution in [2.24, 2.45) is 11.8 Å². The summed E-state index contributed by atoms with van der Waals surface area (Å²) in [5.41, 5.74) is 1.18. The molecule has 8 heteroatoms. The third-order valence-corrected chi connectivity index (χ3v) is 6.26. The molecule has 8 nitrogen and oxygen atoms in total. The van der Waals surface area contributed by atoms with Crippen LogP contribution >= 0.6 is 0 Å². The molecule has 3 aliphatic heterocycles. The summed E-state index contributed by atoms with van der Waals surface area (Å²) in [6.45, 7) is 1.78. The summed E-state index contributed by atoms with van der Waals surface area (Å²) < 4.78 is 11.3. The van der Waals surface area contributed by atoms with E-state index < -0.39 is 23.5 Å². The Kier molecular flexibility index (Phi) is 4.74. The first-order valence-electron chi connectivity index (χ1n) is 10.4. The molecule has 3 amide bonds. The van der Waals surface area contributed by atoms with Gasteiger partial charge in [0.25, 0.3) is 0 Å². The molecule has 0 aromatic heterocycles. The Bertz CT molecular complexity index is 1110. The molecule has 0 unspecified atom stereocenters. The van der Waals surface area contributed by atoms with Crippen LogP contribution in [-0.2, 0) is 19.1 Å². The minimum absolute atomic E-state index is 0.140. The Morgan fingerprint density at radius 1 is 1.06 bits per heavy atom. The Labute approximate surface area is 185 Å². The number of nitrogens with one attached hydrogen (secondary N) is 2. The molecule has 5 rings (SSSR count). The summed E-state index contributed by atoms with van der Waals surface area (Å²) in [5.74, 6) is -1.06. The number of hydrogen-bond acceptors (Lipinski definition) is 5. The topological polar surface area (TPSA) is 97.0 Å². The third kappa shape index (κ3) is 3.23. The van der Waals surface area contributed by atoms with Crippen LogP contribution in [-0.4, -0.2) is 43.1 Å². The highest BCUT2D eigenvalue weighted by molar-refractivity contribution is 6.05. The number of benzene rings is 2. The maximum atomic E-state index is 13.4. The summed E-state index contributed by atoms with van der Waals surface area (Å²) in [7, 11) is 1.58. The average molecular weight is 433 g/mol. The van der Waals surface area contributed by atoms with E-state index in [0.29, 0.717) is 29.4 Å². The van der Waals surface area contributed by atoms with Crippen LogP contribution in [0.4, 0.5) is 17.1 Å². The lowest BCUT2D eigenvalue weighted by atomic mass is 9.77. The van der Waals surface area contributed by atoms with Crippen molar-refractivity contribution in [1.82, 2.24) is 0 Å². The standard InChI is InChI=1S/C24H23N3O5/c1-14(28)25-15-3-7-17(8-4-15)27-13-24-12-11-19(32-24)20(21(24)23(27)30)22(29)26-16-5-9-18(31-2)10-6-16/h3-12,19-21H,13H2,1-2H3,(H,25,28)(H,26,29)/t19-,20-,21-,24-/m0/s1. The van der Waals surface area contributed by atoms with Gasteiger partial charge in [0.15, 0.2) is 0 Å². The number of ether oxygens (including phenoxy) is 2. The van der Waals surface area contributed by atoms with Crippen molar-refractivity contribution in [2.75, 3.05) is 29.2 Å². The van der Waals surface area contributed by atoms with Gasteiger partial charge in [-0.1, -0.05) is 12.2 Å². The van der Waals surface area contributed by atoms with E-state index in [0.717, 1.165) is 0 Å². The van der Waals surface area contributed by atoms with Crippen LogP contribution in [0.1, 0.15) is 6.92 Å². The lowest BCUT2D eigenvalue weighted by Gasteiger charge is -2.23. The highest BCUT2D eigenvalue weighted by Crippen LogP contribution is 2.52. The molecule has 2 aromatic carbocycles. The van der Waals surface area contributed by atoms with Gasteiger partial charge < -0.3 is 25.0 Å². The normalized spacial score (nSPS) is 27.4. The quantitative estimate of drug-likeness (QED) is 0.707. The predicted molar refractivity (Wildman–Crippen MR) is 118 cm³/mol. The first-order chi connectivity index (χ1) is 15.4. The van der Waals surface area contributed by atoms with E-state index in [1.807, 2.05) is 12.2 Å². The number of nitrogens with zero attached hydrogens (tertiary/aromatic N) is 1. The zero-order chi connectivity index (χ0) is 22.5. The number of carbonyl (C=O) groups is 3. The van der Waals surface area contributed by atoms with Crippen molar-refractivity contribution in [1.29, 1.82) is 0 Å². The van der Waals surface area contributed by atoms with Crippen molar-refractivity contribution >= 4 is 34.8 Å². The zero-order valence-corrected chi connectivity index (χ0v) is 17.7. The highest BCUT2D eigenvalue weighted by atomic mass is 16.5. The Balaban J connectivity index is 1.36. The van der Waals surface area contributed by atoms with Crippen LogP contribution in [0.25, 0.3) is 0 Å². The van der Waals surface area contributed by atoms with E-state index in [2.05, 4.69) is 10.6 Å². The van der Waals surface area contributed by atoms with Gasteiger partial charge in [0.1, 0.15) is 11.4 Å². The minimum atomic E-state index is -0.806. The van der Waals surface area contributed by atoms with E-state index in [1.54, 1.807) is 60.5 Å². The first kappa shape index (κ1) is 20.3. The van der Waals surface area contributed by atoms with Crippen LogP contribution < -0.4 is 20.3 Å². The van der Waals surface area contributed by atoms with Crippen molar-refractivity contribution in [2.45, 2.75) is 18.6 Å². The van der Waals surface area contributed by atoms with Crippen LogP contribution in [0.3, 0.4) is 0 Å². The SMILES string of the molecule is COc1ccc(NC(=O)[C@H]2[C@@H]3C=C[C@@]4(CN(c5ccc(NC(C)=O)cc5)C(=O)[C@H]24)O3)cc1. The molecule has 0 saturated carbocycles. The van der Waals surface area contributed by atoms with E-state index in [4.69, 9.17) is 9.47 Å². The fourth-order valence-corrected chi connectivity index (χ4v) is 4.84. The van der Waals surface area contributed by atoms with Crippen molar-refractivity contribution in [3.63, 3.8) is 0 Å². The molecule has 0 aliphatic carbocycles. The number of amides is 3. The van der Waals surface area contributed by atoms with Gasteiger partial charge in [-0.25, -0.2) is 0 Å². The molecule has 164 valence electrons. The van der Waals surface area contributed by atoms with Gasteiger partial charge in [0, 0.05) is 24.0 Å². The second kappa shape index (κ2) is 7.49. The van der Waals surface area contributed by atoms with Gasteiger partial charge in [0.2, 0.25) is 17.7 Å². The molecule has 2 N–H and O–H groups in total. The summed E-state index contributed by atoms with van der Waals surface area (Å²) in [5, 5.41) is 5.62. The molecule has 2 saturated heterocycles. The molecular weight excluding hydrogens is 410 g/mol. The number of rotatable bonds is 5. The molecule has 4 atom stereocenters. The van der Waals surface area contributed by atoms with Gasteiger partial charge in [0.05, 0.1) is 31.6 Å². The maximum Gasteiger partial charge on any atom is 0.234 e. The fourth-order valence-electron chi connectivity index (χ4n) is 4.84. The summed E-state index contributed by atoms with van der Waals surface area (Å²) in [4.78, 5) is 39.5. The predicted octanol–water partition coefficient (Wildman–Crippen LogP) is 2.58. The third-order valence-electron chi connectivity index (χ3n) is 6.26. The molecular formula is C24H23N3O5. The molecule has 3 heterocycles. The molecule has 1 spiro atoms. The second-order valence-electron chi connectivity index (χ2n) is 8.27. The zero-order valence-electron chi connectivity index (χ0n) is 17.7. The van der Waals surface area contributed by atoms with Crippen LogP contribution in [0, 0.1) is 11.8 Å². The van der Waals surface area contributed by atoms with Gasteiger partial charge >= 0.3 is 0 Å². The average Bonchev–Trinajstić information content (AvgIpc) is 3.43. The molecule has 2 bridgehead atoms. The Hall–Kier alpha value is -3.65. The fraction of sp³-hybridized carbons (Fsp3) is 0.292. The lowest BCUT2D eigenvalue weighted by molar-refractivity contribution is -0.128.